The number of aldehydes is 1. The Morgan fingerprint density at radius 1 is 1.25 bits per heavy atom. The van der Waals surface area contributed by atoms with Crippen molar-refractivity contribution in [3.8, 4) is 0 Å². The van der Waals surface area contributed by atoms with E-state index in [9.17, 15) is 4.79 Å². The second kappa shape index (κ2) is 7.00. The number of nitrogens with zero attached hydrogens (tertiary/aromatic N) is 1. The second-order valence-corrected chi connectivity index (χ2v) is 8.14. The van der Waals surface area contributed by atoms with Gasteiger partial charge in [0, 0.05) is 29.6 Å². The van der Waals surface area contributed by atoms with Crippen molar-refractivity contribution in [1.29, 1.82) is 0 Å². The summed E-state index contributed by atoms with van der Waals surface area (Å²) in [5.41, 5.74) is 6.86. The molecule has 24 heavy (non-hydrogen) atoms. The number of benzene rings is 1. The summed E-state index contributed by atoms with van der Waals surface area (Å²) in [4.78, 5) is 14.4. The molecule has 0 bridgehead atoms. The van der Waals surface area contributed by atoms with Gasteiger partial charge in [-0.2, -0.15) is 0 Å². The number of anilines is 1. The predicted molar refractivity (Wildman–Crippen MR) is 98.7 cm³/mol. The van der Waals surface area contributed by atoms with Gasteiger partial charge in [0.1, 0.15) is 0 Å². The van der Waals surface area contributed by atoms with E-state index in [1.54, 1.807) is 12.1 Å². The van der Waals surface area contributed by atoms with Crippen LogP contribution in [0.4, 0.5) is 5.69 Å². The van der Waals surface area contributed by atoms with Gasteiger partial charge in [-0.15, -0.1) is 0 Å². The van der Waals surface area contributed by atoms with Crippen molar-refractivity contribution in [3.05, 3.63) is 40.1 Å². The maximum Gasteiger partial charge on any atom is 0.191 e. The van der Waals surface area contributed by atoms with Crippen LogP contribution < -0.4 is 10.6 Å². The summed E-state index contributed by atoms with van der Waals surface area (Å²) in [6.07, 6.45) is 2.52. The minimum Gasteiger partial charge on any atom is -0.444 e. The quantitative estimate of drug-likeness (QED) is 0.761. The first-order valence-corrected chi connectivity index (χ1v) is 9.21. The molecule has 1 aromatic heterocycles. The van der Waals surface area contributed by atoms with Crippen molar-refractivity contribution in [1.82, 2.24) is 0 Å². The van der Waals surface area contributed by atoms with Gasteiger partial charge in [0.05, 0.1) is 15.7 Å². The molecule has 0 amide bonds. The zero-order chi connectivity index (χ0) is 17.3. The molecule has 0 saturated carbocycles. The minimum atomic E-state index is -0.140. The molecule has 2 aromatic rings. The fourth-order valence-corrected chi connectivity index (χ4v) is 3.88. The fraction of sp³-hybridized carbons (Fsp3) is 0.353. The van der Waals surface area contributed by atoms with Crippen LogP contribution in [0.15, 0.2) is 38.7 Å². The first-order valence-electron chi connectivity index (χ1n) is 7.64. The Kier molecular flexibility index (Phi) is 5.16. The number of carbonyl (C=O) groups is 1. The van der Waals surface area contributed by atoms with Crippen LogP contribution >= 0.6 is 35.0 Å². The smallest absolute Gasteiger partial charge is 0.191 e. The first-order chi connectivity index (χ1) is 11.4. The largest absolute Gasteiger partial charge is 0.444 e. The lowest BCUT2D eigenvalue weighted by Crippen LogP contribution is -2.48. The van der Waals surface area contributed by atoms with Crippen molar-refractivity contribution >= 4 is 46.9 Å². The maximum atomic E-state index is 11.4. The number of nitrogens with two attached hydrogens (primary N) is 1. The summed E-state index contributed by atoms with van der Waals surface area (Å²) >= 11 is 13.4. The van der Waals surface area contributed by atoms with Crippen LogP contribution in [0.1, 0.15) is 30.3 Å². The van der Waals surface area contributed by atoms with Gasteiger partial charge < -0.3 is 15.1 Å². The molecule has 0 aliphatic carbocycles. The number of carbonyl (C=O) groups excluding carboxylic acids is 1. The number of piperidine rings is 1. The molecule has 4 nitrogen and oxygen atoms in total. The van der Waals surface area contributed by atoms with E-state index in [0.717, 1.165) is 42.8 Å². The number of furan rings is 1. The van der Waals surface area contributed by atoms with Crippen molar-refractivity contribution in [3.63, 3.8) is 0 Å². The van der Waals surface area contributed by atoms with E-state index in [4.69, 9.17) is 33.4 Å². The van der Waals surface area contributed by atoms with E-state index in [1.165, 1.54) is 11.8 Å². The molecule has 2 N–H and O–H groups in total. The van der Waals surface area contributed by atoms with Gasteiger partial charge in [-0.1, -0.05) is 35.0 Å². The van der Waals surface area contributed by atoms with Crippen LogP contribution in [-0.2, 0) is 0 Å². The van der Waals surface area contributed by atoms with E-state index in [1.807, 2.05) is 12.1 Å². The Balaban J connectivity index is 1.80. The average Bonchev–Trinajstić information content (AvgIpc) is 2.94. The SMILES string of the molecule is CC1(N)CCN(c2cc(Sc3ccc(Cl)c(Cl)c3)oc2C=O)CC1. The van der Waals surface area contributed by atoms with Crippen LogP contribution in [0.2, 0.25) is 10.0 Å². The van der Waals surface area contributed by atoms with Crippen molar-refractivity contribution in [2.75, 3.05) is 18.0 Å². The maximum absolute atomic E-state index is 11.4. The topological polar surface area (TPSA) is 59.5 Å². The molecule has 1 saturated heterocycles. The molecular weight excluding hydrogens is 367 g/mol. The highest BCUT2D eigenvalue weighted by Crippen LogP contribution is 2.37. The third kappa shape index (κ3) is 3.91. The van der Waals surface area contributed by atoms with Gasteiger partial charge in [-0.05, 0) is 38.0 Å². The average molecular weight is 385 g/mol. The van der Waals surface area contributed by atoms with E-state index in [-0.39, 0.29) is 5.54 Å². The molecule has 0 unspecified atom stereocenters. The van der Waals surface area contributed by atoms with E-state index < -0.39 is 0 Å². The second-order valence-electron chi connectivity index (χ2n) is 6.25. The Bertz CT molecular complexity index is 751. The molecule has 1 aliphatic rings. The van der Waals surface area contributed by atoms with Crippen LogP contribution in [0.3, 0.4) is 0 Å². The van der Waals surface area contributed by atoms with Crippen LogP contribution in [0.5, 0.6) is 0 Å². The molecule has 1 fully saturated rings. The molecule has 2 heterocycles. The molecule has 7 heteroatoms. The van der Waals surface area contributed by atoms with Crippen molar-refractivity contribution in [2.45, 2.75) is 35.3 Å². The Morgan fingerprint density at radius 3 is 2.58 bits per heavy atom. The summed E-state index contributed by atoms with van der Waals surface area (Å²) in [6, 6.07) is 7.28. The molecule has 0 radical (unpaired) electrons. The van der Waals surface area contributed by atoms with Gasteiger partial charge >= 0.3 is 0 Å². The molecule has 1 aromatic carbocycles. The van der Waals surface area contributed by atoms with Gasteiger partial charge in [0.25, 0.3) is 0 Å². The van der Waals surface area contributed by atoms with Gasteiger partial charge in [-0.3, -0.25) is 4.79 Å². The lowest BCUT2D eigenvalue weighted by Gasteiger charge is -2.37. The predicted octanol–water partition coefficient (Wildman–Crippen LogP) is 4.87. The number of rotatable bonds is 4. The Hall–Kier alpha value is -1.14. The summed E-state index contributed by atoms with van der Waals surface area (Å²) < 4.78 is 5.69. The number of hydrogen-bond acceptors (Lipinski definition) is 5. The highest BCUT2D eigenvalue weighted by atomic mass is 35.5. The van der Waals surface area contributed by atoms with E-state index in [2.05, 4.69) is 11.8 Å². The van der Waals surface area contributed by atoms with E-state index >= 15 is 0 Å². The molecule has 3 rings (SSSR count). The lowest BCUT2D eigenvalue weighted by atomic mass is 9.91. The normalized spacial score (nSPS) is 17.1. The Morgan fingerprint density at radius 2 is 1.96 bits per heavy atom. The standard InChI is InChI=1S/C17H18Cl2N2O2S/c1-17(20)4-6-21(7-5-17)14-9-16(23-15(14)10-22)24-11-2-3-12(18)13(19)8-11/h2-3,8-10H,4-7,20H2,1H3. The highest BCUT2D eigenvalue weighted by Gasteiger charge is 2.28. The van der Waals surface area contributed by atoms with E-state index in [0.29, 0.717) is 20.9 Å². The molecular formula is C17H18Cl2N2O2S. The molecule has 0 spiro atoms. The number of halogens is 2. The highest BCUT2D eigenvalue weighted by molar-refractivity contribution is 7.99. The van der Waals surface area contributed by atoms with Crippen LogP contribution in [-0.4, -0.2) is 24.9 Å². The molecule has 128 valence electrons. The van der Waals surface area contributed by atoms with Crippen LogP contribution in [0.25, 0.3) is 0 Å². The monoisotopic (exact) mass is 384 g/mol. The first kappa shape index (κ1) is 17.7. The Labute approximate surface area is 155 Å². The lowest BCUT2D eigenvalue weighted by molar-refractivity contribution is 0.109. The van der Waals surface area contributed by atoms with Gasteiger partial charge in [0.2, 0.25) is 0 Å². The summed E-state index contributed by atoms with van der Waals surface area (Å²) in [5.74, 6) is 0.346. The summed E-state index contributed by atoms with van der Waals surface area (Å²) in [7, 11) is 0. The summed E-state index contributed by atoms with van der Waals surface area (Å²) in [6.45, 7) is 3.68. The fourth-order valence-electron chi connectivity index (χ4n) is 2.67. The minimum absolute atomic E-state index is 0.140. The number of hydrogen-bond donors (Lipinski definition) is 1. The van der Waals surface area contributed by atoms with Crippen molar-refractivity contribution in [2.24, 2.45) is 5.73 Å². The summed E-state index contributed by atoms with van der Waals surface area (Å²) in [5, 5.41) is 1.64. The van der Waals surface area contributed by atoms with Crippen LogP contribution in [0, 0.1) is 0 Å². The molecule has 0 atom stereocenters. The zero-order valence-electron chi connectivity index (χ0n) is 13.2. The van der Waals surface area contributed by atoms with Gasteiger partial charge in [-0.25, -0.2) is 0 Å². The third-order valence-corrected chi connectivity index (χ3v) is 5.81. The van der Waals surface area contributed by atoms with Gasteiger partial charge in [0.15, 0.2) is 17.1 Å². The molecule has 1 aliphatic heterocycles. The zero-order valence-corrected chi connectivity index (χ0v) is 15.5. The third-order valence-electron chi connectivity index (χ3n) is 4.18. The van der Waals surface area contributed by atoms with Crippen molar-refractivity contribution < 1.29 is 9.21 Å².